The molecule has 3 aromatic rings. The molecular formula is C20H20F2N4O3S. The van der Waals surface area contributed by atoms with Gasteiger partial charge in [-0.2, -0.15) is 8.78 Å². The number of anilines is 1. The molecule has 0 aliphatic carbocycles. The van der Waals surface area contributed by atoms with Crippen LogP contribution in [0, 0.1) is 6.92 Å². The van der Waals surface area contributed by atoms with Gasteiger partial charge in [-0.25, -0.2) is 9.97 Å². The predicted octanol–water partition coefficient (Wildman–Crippen LogP) is 4.52. The summed E-state index contributed by atoms with van der Waals surface area (Å²) >= 11 is 1.09. The molecule has 0 saturated carbocycles. The lowest BCUT2D eigenvalue weighted by atomic mass is 10.2. The van der Waals surface area contributed by atoms with Crippen molar-refractivity contribution in [3.8, 4) is 16.5 Å². The molecule has 7 nitrogen and oxygen atoms in total. The SMILES string of the molecule is Cc1nc(NC(=O)c2ccccc2OCC2CCCO2)sc1-c1nccn1C(F)F. The lowest BCUT2D eigenvalue weighted by molar-refractivity contribution is 0.0673. The molecule has 1 N–H and O–H groups in total. The van der Waals surface area contributed by atoms with E-state index in [0.29, 0.717) is 33.6 Å². The maximum absolute atomic E-state index is 13.2. The minimum atomic E-state index is -2.71. The number of aromatic nitrogens is 3. The molecular weight excluding hydrogens is 414 g/mol. The highest BCUT2D eigenvalue weighted by Gasteiger charge is 2.21. The molecule has 30 heavy (non-hydrogen) atoms. The van der Waals surface area contributed by atoms with Gasteiger partial charge in [0.1, 0.15) is 12.4 Å². The summed E-state index contributed by atoms with van der Waals surface area (Å²) in [6.45, 7) is 0.0761. The van der Waals surface area contributed by atoms with Gasteiger partial charge < -0.3 is 9.47 Å². The zero-order valence-electron chi connectivity index (χ0n) is 16.2. The van der Waals surface area contributed by atoms with E-state index in [0.717, 1.165) is 35.4 Å². The molecule has 1 unspecified atom stereocenters. The highest BCUT2D eigenvalue weighted by Crippen LogP contribution is 2.34. The summed E-state index contributed by atoms with van der Waals surface area (Å²) in [6, 6.07) is 6.91. The second-order valence-corrected chi connectivity index (χ2v) is 7.76. The maximum Gasteiger partial charge on any atom is 0.320 e. The summed E-state index contributed by atoms with van der Waals surface area (Å²) < 4.78 is 38.4. The van der Waals surface area contributed by atoms with E-state index in [1.807, 2.05) is 0 Å². The van der Waals surface area contributed by atoms with Gasteiger partial charge in [-0.1, -0.05) is 23.5 Å². The fourth-order valence-corrected chi connectivity index (χ4v) is 4.17. The van der Waals surface area contributed by atoms with Gasteiger partial charge >= 0.3 is 6.55 Å². The molecule has 0 radical (unpaired) electrons. The average Bonchev–Trinajstić information content (AvgIpc) is 3.47. The highest BCUT2D eigenvalue weighted by molar-refractivity contribution is 7.19. The number of thiazole rings is 1. The summed E-state index contributed by atoms with van der Waals surface area (Å²) in [5.41, 5.74) is 0.866. The third kappa shape index (κ3) is 4.34. The number of aryl methyl sites for hydroxylation is 1. The zero-order valence-corrected chi connectivity index (χ0v) is 17.0. The van der Waals surface area contributed by atoms with Gasteiger partial charge in [0.2, 0.25) is 0 Å². The molecule has 1 amide bonds. The number of nitrogens with one attached hydrogen (secondary N) is 1. The molecule has 0 bridgehead atoms. The molecule has 4 rings (SSSR count). The van der Waals surface area contributed by atoms with Gasteiger partial charge in [0, 0.05) is 19.0 Å². The van der Waals surface area contributed by atoms with Crippen molar-refractivity contribution in [1.82, 2.24) is 14.5 Å². The van der Waals surface area contributed by atoms with E-state index in [4.69, 9.17) is 9.47 Å². The minimum Gasteiger partial charge on any atom is -0.490 e. The lowest BCUT2D eigenvalue weighted by Crippen LogP contribution is -2.19. The third-order valence-electron chi connectivity index (χ3n) is 4.68. The van der Waals surface area contributed by atoms with Gasteiger partial charge in [0.25, 0.3) is 5.91 Å². The van der Waals surface area contributed by atoms with Crippen LogP contribution in [0.4, 0.5) is 13.9 Å². The Morgan fingerprint density at radius 2 is 2.27 bits per heavy atom. The number of para-hydroxylation sites is 1. The van der Waals surface area contributed by atoms with E-state index < -0.39 is 12.5 Å². The summed E-state index contributed by atoms with van der Waals surface area (Å²) in [6.07, 6.45) is 4.48. The first-order chi connectivity index (χ1) is 14.5. The van der Waals surface area contributed by atoms with Gasteiger partial charge in [-0.3, -0.25) is 14.7 Å². The molecule has 10 heteroatoms. The van der Waals surface area contributed by atoms with Crippen molar-refractivity contribution < 1.29 is 23.0 Å². The first-order valence-electron chi connectivity index (χ1n) is 9.46. The first-order valence-corrected chi connectivity index (χ1v) is 10.3. The zero-order chi connectivity index (χ0) is 21.1. The van der Waals surface area contributed by atoms with Crippen LogP contribution in [-0.4, -0.2) is 39.8 Å². The average molecular weight is 434 g/mol. The number of nitrogens with zero attached hydrogens (tertiary/aromatic N) is 3. The van der Waals surface area contributed by atoms with Crippen molar-refractivity contribution >= 4 is 22.4 Å². The number of halogens is 2. The second-order valence-electron chi connectivity index (χ2n) is 6.77. The summed E-state index contributed by atoms with van der Waals surface area (Å²) in [5, 5.41) is 3.03. The molecule has 1 atom stereocenters. The van der Waals surface area contributed by atoms with Crippen LogP contribution in [0.25, 0.3) is 10.7 Å². The Kier molecular flexibility index (Phi) is 6.05. The topological polar surface area (TPSA) is 78.3 Å². The number of hydrogen-bond donors (Lipinski definition) is 1. The summed E-state index contributed by atoms with van der Waals surface area (Å²) in [4.78, 5) is 21.6. The van der Waals surface area contributed by atoms with E-state index in [-0.39, 0.29) is 11.9 Å². The third-order valence-corrected chi connectivity index (χ3v) is 5.75. The van der Waals surface area contributed by atoms with Gasteiger partial charge in [0.15, 0.2) is 11.0 Å². The number of amides is 1. The van der Waals surface area contributed by atoms with Crippen molar-refractivity contribution in [3.05, 3.63) is 47.9 Å². The summed E-state index contributed by atoms with van der Waals surface area (Å²) in [5.74, 6) is 0.170. The number of ether oxygens (including phenoxy) is 2. The minimum absolute atomic E-state index is 0.0314. The Labute approximate surface area is 175 Å². The van der Waals surface area contributed by atoms with E-state index in [9.17, 15) is 13.6 Å². The molecule has 3 heterocycles. The predicted molar refractivity (Wildman–Crippen MR) is 108 cm³/mol. The smallest absolute Gasteiger partial charge is 0.320 e. The quantitative estimate of drug-likeness (QED) is 0.592. The fraction of sp³-hybridized carbons (Fsp3) is 0.350. The van der Waals surface area contributed by atoms with Crippen molar-refractivity contribution in [2.45, 2.75) is 32.4 Å². The molecule has 1 aromatic carbocycles. The number of alkyl halides is 2. The molecule has 1 aliphatic rings. The van der Waals surface area contributed by atoms with Crippen LogP contribution in [0.5, 0.6) is 5.75 Å². The van der Waals surface area contributed by atoms with Crippen LogP contribution in [0.2, 0.25) is 0 Å². The second kappa shape index (κ2) is 8.88. The Morgan fingerprint density at radius 3 is 3.03 bits per heavy atom. The van der Waals surface area contributed by atoms with Crippen LogP contribution >= 0.6 is 11.3 Å². The van der Waals surface area contributed by atoms with Gasteiger partial charge in [-0.05, 0) is 31.9 Å². The van der Waals surface area contributed by atoms with Crippen molar-refractivity contribution in [3.63, 3.8) is 0 Å². The van der Waals surface area contributed by atoms with E-state index in [2.05, 4.69) is 15.3 Å². The molecule has 158 valence electrons. The van der Waals surface area contributed by atoms with E-state index in [1.165, 1.54) is 12.4 Å². The van der Waals surface area contributed by atoms with Gasteiger partial charge in [0.05, 0.1) is 22.2 Å². The van der Waals surface area contributed by atoms with Crippen LogP contribution in [0.1, 0.15) is 35.4 Å². The highest BCUT2D eigenvalue weighted by atomic mass is 32.1. The van der Waals surface area contributed by atoms with Crippen LogP contribution in [-0.2, 0) is 4.74 Å². The summed E-state index contributed by atoms with van der Waals surface area (Å²) in [7, 11) is 0. The maximum atomic E-state index is 13.2. The van der Waals surface area contributed by atoms with Crippen LogP contribution in [0.15, 0.2) is 36.7 Å². The standard InChI is InChI=1S/C20H20F2N4O3S/c1-12-16(17-23-8-9-26(17)19(21)22)30-20(24-12)25-18(27)14-6-2-3-7-15(14)29-11-13-5-4-10-28-13/h2-3,6-9,13,19H,4-5,10-11H2,1H3,(H,24,25,27). The largest absolute Gasteiger partial charge is 0.490 e. The first kappa shape index (κ1) is 20.4. The Morgan fingerprint density at radius 1 is 1.43 bits per heavy atom. The van der Waals surface area contributed by atoms with Gasteiger partial charge in [-0.15, -0.1) is 0 Å². The molecule has 0 spiro atoms. The molecule has 1 aliphatic heterocycles. The fourth-order valence-electron chi connectivity index (χ4n) is 3.21. The monoisotopic (exact) mass is 434 g/mol. The molecule has 1 saturated heterocycles. The number of imidazole rings is 1. The lowest BCUT2D eigenvalue weighted by Gasteiger charge is -2.14. The Bertz CT molecular complexity index is 1030. The molecule has 2 aromatic heterocycles. The van der Waals surface area contributed by atoms with Crippen LogP contribution < -0.4 is 10.1 Å². The van der Waals surface area contributed by atoms with Crippen molar-refractivity contribution in [2.24, 2.45) is 0 Å². The number of carbonyl (C=O) groups is 1. The Hall–Kier alpha value is -2.85. The van der Waals surface area contributed by atoms with Crippen molar-refractivity contribution in [1.29, 1.82) is 0 Å². The van der Waals surface area contributed by atoms with E-state index in [1.54, 1.807) is 31.2 Å². The van der Waals surface area contributed by atoms with Crippen molar-refractivity contribution in [2.75, 3.05) is 18.5 Å². The number of benzene rings is 1. The number of rotatable bonds is 7. The number of carbonyl (C=O) groups excluding carboxylic acids is 1. The van der Waals surface area contributed by atoms with E-state index >= 15 is 0 Å². The van der Waals surface area contributed by atoms with Crippen LogP contribution in [0.3, 0.4) is 0 Å². The Balaban J connectivity index is 1.50. The number of hydrogen-bond acceptors (Lipinski definition) is 6. The molecule has 1 fully saturated rings. The normalized spacial score (nSPS) is 16.2.